The summed E-state index contributed by atoms with van der Waals surface area (Å²) < 4.78 is 4.26. The van der Waals surface area contributed by atoms with Crippen molar-refractivity contribution < 1.29 is 9.53 Å². The van der Waals surface area contributed by atoms with Crippen molar-refractivity contribution in [3.05, 3.63) is 48.5 Å². The summed E-state index contributed by atoms with van der Waals surface area (Å²) in [6, 6.07) is 16.7. The number of carbonyl (C=O) groups excluding carboxylic acids is 1. The lowest BCUT2D eigenvalue weighted by Crippen LogP contribution is -1.94. The van der Waals surface area contributed by atoms with Crippen molar-refractivity contribution in [2.24, 2.45) is 0 Å². The summed E-state index contributed by atoms with van der Waals surface area (Å²) in [5.74, 6) is -0.157. The SMILES string of the molecule is C.CC.CC.CCC(=O)OC.c1ccc2ccccc2c1. The molecule has 0 saturated heterocycles. The average Bonchev–Trinajstić information content (AvgIpc) is 2.58. The summed E-state index contributed by atoms with van der Waals surface area (Å²) >= 11 is 0. The zero-order valence-electron chi connectivity index (χ0n) is 13.6. The highest BCUT2D eigenvalue weighted by molar-refractivity contribution is 5.82. The molecule has 0 radical (unpaired) electrons. The Bertz CT molecular complexity index is 379. The first kappa shape index (κ1) is 24.2. The Morgan fingerprint density at radius 3 is 1.29 bits per heavy atom. The summed E-state index contributed by atoms with van der Waals surface area (Å²) in [5, 5.41) is 2.62. The largest absolute Gasteiger partial charge is 0.469 e. The van der Waals surface area contributed by atoms with Crippen molar-refractivity contribution in [2.75, 3.05) is 7.11 Å². The van der Waals surface area contributed by atoms with Gasteiger partial charge in [-0.05, 0) is 10.8 Å². The summed E-state index contributed by atoms with van der Waals surface area (Å²) in [4.78, 5) is 9.96. The maximum absolute atomic E-state index is 9.96. The van der Waals surface area contributed by atoms with Crippen LogP contribution in [0.3, 0.4) is 0 Å². The first-order chi connectivity index (χ1) is 9.77. The number of hydrogen-bond donors (Lipinski definition) is 0. The number of methoxy groups -OCH3 is 1. The maximum atomic E-state index is 9.96. The van der Waals surface area contributed by atoms with Gasteiger partial charge in [-0.1, -0.05) is 90.6 Å². The smallest absolute Gasteiger partial charge is 0.305 e. The van der Waals surface area contributed by atoms with Crippen molar-refractivity contribution in [1.29, 1.82) is 0 Å². The van der Waals surface area contributed by atoms with Crippen LogP contribution in [0.1, 0.15) is 48.5 Å². The maximum Gasteiger partial charge on any atom is 0.305 e. The highest BCUT2D eigenvalue weighted by atomic mass is 16.5. The van der Waals surface area contributed by atoms with Gasteiger partial charge in [0.05, 0.1) is 7.11 Å². The van der Waals surface area contributed by atoms with E-state index in [1.54, 1.807) is 6.92 Å². The van der Waals surface area contributed by atoms with Gasteiger partial charge in [-0.3, -0.25) is 4.79 Å². The van der Waals surface area contributed by atoms with E-state index < -0.39 is 0 Å². The van der Waals surface area contributed by atoms with Crippen LogP contribution in [0, 0.1) is 0 Å². The Hall–Kier alpha value is -1.83. The van der Waals surface area contributed by atoms with Gasteiger partial charge in [0.25, 0.3) is 0 Å². The number of rotatable bonds is 1. The Morgan fingerprint density at radius 2 is 1.14 bits per heavy atom. The van der Waals surface area contributed by atoms with Crippen molar-refractivity contribution >= 4 is 16.7 Å². The first-order valence-electron chi connectivity index (χ1n) is 7.28. The second-order valence-corrected chi connectivity index (χ2v) is 3.28. The molecule has 0 amide bonds. The normalized spacial score (nSPS) is 7.52. The van der Waals surface area contributed by atoms with E-state index >= 15 is 0 Å². The van der Waals surface area contributed by atoms with E-state index in [1.807, 2.05) is 27.7 Å². The minimum absolute atomic E-state index is 0. The van der Waals surface area contributed by atoms with Gasteiger partial charge in [0.15, 0.2) is 0 Å². The molecule has 0 fully saturated rings. The molecular formula is C19H32O2. The van der Waals surface area contributed by atoms with Crippen LogP contribution in [-0.2, 0) is 9.53 Å². The van der Waals surface area contributed by atoms with Gasteiger partial charge >= 0.3 is 5.97 Å². The average molecular weight is 292 g/mol. The zero-order chi connectivity index (χ0) is 15.8. The molecule has 0 heterocycles. The van der Waals surface area contributed by atoms with Crippen LogP contribution >= 0.6 is 0 Å². The highest BCUT2D eigenvalue weighted by Gasteiger charge is 1.87. The highest BCUT2D eigenvalue weighted by Crippen LogP contribution is 2.11. The molecule has 0 N–H and O–H groups in total. The second-order valence-electron chi connectivity index (χ2n) is 3.28. The molecule has 0 atom stereocenters. The molecule has 2 nitrogen and oxygen atoms in total. The number of ether oxygens (including phenoxy) is 1. The lowest BCUT2D eigenvalue weighted by Gasteiger charge is -1.92. The molecule has 0 bridgehead atoms. The van der Waals surface area contributed by atoms with E-state index in [0.29, 0.717) is 6.42 Å². The van der Waals surface area contributed by atoms with Crippen LogP contribution in [0.25, 0.3) is 10.8 Å². The third-order valence-corrected chi connectivity index (χ3v) is 2.18. The standard InChI is InChI=1S/C10H8.C4H8O2.2C2H6.CH4/c1-2-6-10-8-4-3-7-9(10)5-1;1-3-4(5)6-2;2*1-2;/h1-8H;3H2,1-2H3;2*1-2H3;1H4. The van der Waals surface area contributed by atoms with Gasteiger partial charge in [0.1, 0.15) is 0 Å². The van der Waals surface area contributed by atoms with Crippen LogP contribution in [0.5, 0.6) is 0 Å². The van der Waals surface area contributed by atoms with Crippen molar-refractivity contribution in [3.8, 4) is 0 Å². The molecule has 0 aliphatic carbocycles. The summed E-state index contributed by atoms with van der Waals surface area (Å²) in [7, 11) is 1.38. The predicted molar refractivity (Wildman–Crippen MR) is 95.7 cm³/mol. The molecule has 21 heavy (non-hydrogen) atoms. The van der Waals surface area contributed by atoms with Crippen LogP contribution in [0.4, 0.5) is 0 Å². The molecular weight excluding hydrogens is 260 g/mol. The Balaban J connectivity index is -0.000000259. The Morgan fingerprint density at radius 1 is 0.857 bits per heavy atom. The third kappa shape index (κ3) is 11.7. The number of esters is 1. The van der Waals surface area contributed by atoms with Gasteiger partial charge < -0.3 is 4.74 Å². The van der Waals surface area contributed by atoms with E-state index in [4.69, 9.17) is 0 Å². The van der Waals surface area contributed by atoms with Gasteiger partial charge in [-0.15, -0.1) is 0 Å². The zero-order valence-corrected chi connectivity index (χ0v) is 13.6. The third-order valence-electron chi connectivity index (χ3n) is 2.18. The predicted octanol–water partition coefficient (Wildman–Crippen LogP) is 6.10. The van der Waals surface area contributed by atoms with Gasteiger partial charge in [-0.2, -0.15) is 0 Å². The fourth-order valence-corrected chi connectivity index (χ4v) is 1.28. The number of carbonyl (C=O) groups is 1. The van der Waals surface area contributed by atoms with Gasteiger partial charge in [0, 0.05) is 6.42 Å². The summed E-state index contributed by atoms with van der Waals surface area (Å²) in [5.41, 5.74) is 0. The molecule has 2 heteroatoms. The summed E-state index contributed by atoms with van der Waals surface area (Å²) in [6.45, 7) is 9.76. The molecule has 0 aliphatic heterocycles. The number of fused-ring (bicyclic) bond motifs is 1. The minimum Gasteiger partial charge on any atom is -0.469 e. The first-order valence-corrected chi connectivity index (χ1v) is 7.28. The van der Waals surface area contributed by atoms with E-state index in [2.05, 4.69) is 53.3 Å². The molecule has 2 aromatic carbocycles. The van der Waals surface area contributed by atoms with E-state index in [0.717, 1.165) is 0 Å². The fraction of sp³-hybridized carbons (Fsp3) is 0.421. The molecule has 0 spiro atoms. The van der Waals surface area contributed by atoms with E-state index in [1.165, 1.54) is 17.9 Å². The van der Waals surface area contributed by atoms with Crippen LogP contribution < -0.4 is 0 Å². The number of hydrogen-bond acceptors (Lipinski definition) is 2. The summed E-state index contributed by atoms with van der Waals surface area (Å²) in [6.07, 6.45) is 0.469. The molecule has 0 saturated carbocycles. The van der Waals surface area contributed by atoms with Crippen LogP contribution in [-0.4, -0.2) is 13.1 Å². The van der Waals surface area contributed by atoms with E-state index in [9.17, 15) is 4.79 Å². The van der Waals surface area contributed by atoms with Crippen molar-refractivity contribution in [1.82, 2.24) is 0 Å². The Kier molecular flexibility index (Phi) is 20.9. The molecule has 0 aromatic heterocycles. The van der Waals surface area contributed by atoms with Crippen molar-refractivity contribution in [3.63, 3.8) is 0 Å². The van der Waals surface area contributed by atoms with Gasteiger partial charge in [-0.25, -0.2) is 0 Å². The minimum atomic E-state index is -0.157. The van der Waals surface area contributed by atoms with E-state index in [-0.39, 0.29) is 13.4 Å². The van der Waals surface area contributed by atoms with Crippen LogP contribution in [0.15, 0.2) is 48.5 Å². The van der Waals surface area contributed by atoms with Crippen molar-refractivity contribution in [2.45, 2.75) is 48.5 Å². The second kappa shape index (κ2) is 18.2. The molecule has 120 valence electrons. The molecule has 2 aromatic rings. The number of benzene rings is 2. The lowest BCUT2D eigenvalue weighted by atomic mass is 10.1. The van der Waals surface area contributed by atoms with Gasteiger partial charge in [0.2, 0.25) is 0 Å². The fourth-order valence-electron chi connectivity index (χ4n) is 1.28. The Labute approximate surface area is 131 Å². The van der Waals surface area contributed by atoms with Crippen LogP contribution in [0.2, 0.25) is 0 Å². The molecule has 0 aliphatic rings. The molecule has 0 unspecified atom stereocenters. The monoisotopic (exact) mass is 292 g/mol. The molecule has 2 rings (SSSR count). The lowest BCUT2D eigenvalue weighted by molar-refractivity contribution is -0.140. The quantitative estimate of drug-likeness (QED) is 0.594. The topological polar surface area (TPSA) is 26.3 Å².